The number of piperazine rings is 1. The van der Waals surface area contributed by atoms with Gasteiger partial charge in [0.25, 0.3) is 5.91 Å². The number of carbonyl (C=O) groups excluding carboxylic acids is 4. The zero-order valence-electron chi connectivity index (χ0n) is 39.4. The Morgan fingerprint density at radius 3 is 2.40 bits per heavy atom. The third-order valence-electron chi connectivity index (χ3n) is 12.9. The van der Waals surface area contributed by atoms with E-state index in [1.165, 1.54) is 27.2 Å². The molecule has 0 spiro atoms. The van der Waals surface area contributed by atoms with Gasteiger partial charge in [0, 0.05) is 61.3 Å². The van der Waals surface area contributed by atoms with Gasteiger partial charge in [-0.3, -0.25) is 28.9 Å². The maximum absolute atomic E-state index is 15.1. The average molecular weight is 985 g/mol. The van der Waals surface area contributed by atoms with Crippen LogP contribution in [0.25, 0.3) is 22.3 Å². The number of rotatable bonds is 14. The van der Waals surface area contributed by atoms with E-state index in [0.29, 0.717) is 73.0 Å². The van der Waals surface area contributed by atoms with Gasteiger partial charge in [-0.25, -0.2) is 23.2 Å². The number of amides is 4. The highest BCUT2D eigenvalue weighted by Gasteiger charge is 2.64. The fourth-order valence-electron chi connectivity index (χ4n) is 9.21. The highest BCUT2D eigenvalue weighted by molar-refractivity contribution is 7.91. The summed E-state index contributed by atoms with van der Waals surface area (Å²) in [4.78, 5) is 72.9. The van der Waals surface area contributed by atoms with Crippen molar-refractivity contribution in [1.29, 1.82) is 0 Å². The third kappa shape index (κ3) is 10.1. The minimum Gasteiger partial charge on any atom is -0.491 e. The molecule has 6 atom stereocenters. The second-order valence-corrected chi connectivity index (χ2v) is 23.8. The molecular formula is C47H62ClN7O10S2. The van der Waals surface area contributed by atoms with Gasteiger partial charge in [-0.15, -0.1) is 17.9 Å². The molecule has 3 aliphatic heterocycles. The first-order chi connectivity index (χ1) is 31.5. The van der Waals surface area contributed by atoms with Gasteiger partial charge in [0.1, 0.15) is 58.2 Å². The summed E-state index contributed by atoms with van der Waals surface area (Å²) in [5.41, 5.74) is -1.84. The summed E-state index contributed by atoms with van der Waals surface area (Å²) >= 11 is 8.68. The number of pyridine rings is 1. The molecule has 5 aliphatic rings. The Labute approximate surface area is 401 Å². The van der Waals surface area contributed by atoms with E-state index in [0.717, 1.165) is 18.1 Å². The maximum atomic E-state index is 15.1. The number of aromatic nitrogens is 2. The van der Waals surface area contributed by atoms with Gasteiger partial charge in [-0.05, 0) is 57.6 Å². The van der Waals surface area contributed by atoms with E-state index in [2.05, 4.69) is 35.4 Å². The van der Waals surface area contributed by atoms with E-state index >= 15 is 4.79 Å². The summed E-state index contributed by atoms with van der Waals surface area (Å²) in [5, 5.41) is 5.83. The molecule has 3 aromatic rings. The standard InChI is InChI=1S/C47H62ClN7O10S2/c1-10-27-23-47(27,43(58)52-67(60,61)28-11-12-28)51-40(56)32-22-36(33-24-54(44(59)65-46(7,8)9)39(45(4,5)6)42(57)55(32)33)64-35-21-30(31-25-66-41(50-31)26(2)3)49-38-29(35)13-14-34(37(38)48)63-20-17-53-15-18-62-19-16-53/h10,13-14,21,25-28,32-33,36,39H,1,11-12,15-20,22-24H2,2-9H3,(H,51,56)(H,52,58)/t27-,32+,33-,36-,39+,47-/m1/s1. The normalized spacial score (nSPS) is 25.8. The molecule has 2 aliphatic carbocycles. The van der Waals surface area contributed by atoms with Gasteiger partial charge >= 0.3 is 6.09 Å². The molecule has 20 heteroatoms. The van der Waals surface area contributed by atoms with E-state index < -0.39 is 85.8 Å². The highest BCUT2D eigenvalue weighted by Crippen LogP contribution is 2.47. The summed E-state index contributed by atoms with van der Waals surface area (Å²) in [6, 6.07) is 2.20. The van der Waals surface area contributed by atoms with Crippen LogP contribution in [0.3, 0.4) is 0 Å². The Morgan fingerprint density at radius 2 is 1.79 bits per heavy atom. The van der Waals surface area contributed by atoms with E-state index in [4.69, 9.17) is 40.5 Å². The molecule has 5 fully saturated rings. The van der Waals surface area contributed by atoms with Crippen LogP contribution in [0.2, 0.25) is 5.02 Å². The number of nitrogens with one attached hydrogen (secondary N) is 2. The number of thiazole rings is 1. The lowest BCUT2D eigenvalue weighted by Gasteiger charge is -2.49. The summed E-state index contributed by atoms with van der Waals surface area (Å²) in [6.45, 7) is 22.7. The highest BCUT2D eigenvalue weighted by atomic mass is 35.5. The number of hydrogen-bond donors (Lipinski definition) is 2. The molecule has 67 heavy (non-hydrogen) atoms. The number of fused-ring (bicyclic) bond motifs is 2. The summed E-state index contributed by atoms with van der Waals surface area (Å²) in [5.74, 6) is -1.64. The molecule has 17 nitrogen and oxygen atoms in total. The van der Waals surface area contributed by atoms with Gasteiger partial charge in [-0.1, -0.05) is 52.3 Å². The molecule has 0 unspecified atom stereocenters. The first-order valence-corrected chi connectivity index (χ1v) is 25.8. The van der Waals surface area contributed by atoms with Crippen molar-refractivity contribution in [1.82, 2.24) is 34.7 Å². The van der Waals surface area contributed by atoms with Crippen molar-refractivity contribution in [3.63, 3.8) is 0 Å². The lowest BCUT2D eigenvalue weighted by molar-refractivity contribution is -0.155. The van der Waals surface area contributed by atoms with Crippen molar-refractivity contribution in [2.24, 2.45) is 11.3 Å². The van der Waals surface area contributed by atoms with Gasteiger partial charge in [0.05, 0.1) is 40.7 Å². The second-order valence-electron chi connectivity index (χ2n) is 20.6. The lowest BCUT2D eigenvalue weighted by Crippen LogP contribution is -2.69. The number of benzene rings is 1. The first-order valence-electron chi connectivity index (χ1n) is 23.0. The van der Waals surface area contributed by atoms with E-state index in [9.17, 15) is 22.8 Å². The van der Waals surface area contributed by atoms with Crippen LogP contribution in [0.1, 0.15) is 92.0 Å². The van der Waals surface area contributed by atoms with Crippen molar-refractivity contribution in [3.05, 3.63) is 46.3 Å². The number of sulfonamides is 1. The largest absolute Gasteiger partial charge is 0.491 e. The Hall–Kier alpha value is -4.56. The fourth-order valence-corrected chi connectivity index (χ4v) is 11.7. The monoisotopic (exact) mass is 983 g/mol. The van der Waals surface area contributed by atoms with E-state index in [-0.39, 0.29) is 30.3 Å². The fraction of sp³-hybridized carbons (Fsp3) is 0.617. The van der Waals surface area contributed by atoms with Crippen molar-refractivity contribution in [2.75, 3.05) is 46.0 Å². The van der Waals surface area contributed by atoms with E-state index in [1.807, 2.05) is 32.2 Å². The minimum absolute atomic E-state index is 0.0537. The molecule has 2 saturated carbocycles. The summed E-state index contributed by atoms with van der Waals surface area (Å²) in [7, 11) is -3.95. The third-order valence-corrected chi connectivity index (χ3v) is 16.3. The topological polar surface area (TPSA) is 199 Å². The molecule has 2 N–H and O–H groups in total. The predicted molar refractivity (Wildman–Crippen MR) is 254 cm³/mol. The van der Waals surface area contributed by atoms with Gasteiger partial charge < -0.3 is 29.2 Å². The van der Waals surface area contributed by atoms with Gasteiger partial charge in [-0.2, -0.15) is 0 Å². The number of morpholine rings is 1. The molecule has 4 amide bonds. The molecule has 3 saturated heterocycles. The lowest BCUT2D eigenvalue weighted by atomic mass is 9.82. The number of halogens is 1. The quantitative estimate of drug-likeness (QED) is 0.181. The van der Waals surface area contributed by atoms with Crippen LogP contribution in [0.5, 0.6) is 11.5 Å². The average Bonchev–Trinajstić information content (AvgIpc) is 4.15. The SMILES string of the molecule is C=C[C@@H]1C[C@]1(NC(=O)[C@@H]1C[C@@H](Oc2cc(-c3csc(C(C)C)n3)nc3c(Cl)c(OCCN4CCOCC4)ccc23)[C@H]2CN(C(=O)OC(C)(C)C)[C@H](C(C)(C)C)C(=O)N21)C(=O)NS(=O)(=O)C1CC1. The van der Waals surface area contributed by atoms with E-state index in [1.54, 1.807) is 32.9 Å². The van der Waals surface area contributed by atoms with Crippen molar-refractivity contribution in [3.8, 4) is 22.9 Å². The number of carbonyl (C=O) groups is 4. The molecule has 2 aromatic heterocycles. The summed E-state index contributed by atoms with van der Waals surface area (Å²) in [6.07, 6.45) is 0.855. The van der Waals surface area contributed by atoms with Crippen molar-refractivity contribution < 1.29 is 46.5 Å². The Kier molecular flexibility index (Phi) is 13.4. The van der Waals surface area contributed by atoms with Crippen LogP contribution in [0.4, 0.5) is 4.79 Å². The number of hydrogen-bond acceptors (Lipinski definition) is 14. The van der Waals surface area contributed by atoms with Crippen LogP contribution >= 0.6 is 22.9 Å². The zero-order chi connectivity index (χ0) is 48.4. The van der Waals surface area contributed by atoms with Crippen LogP contribution in [0, 0.1) is 11.3 Å². The molecular weight excluding hydrogens is 922 g/mol. The van der Waals surface area contributed by atoms with Crippen LogP contribution in [0.15, 0.2) is 36.2 Å². The summed E-state index contributed by atoms with van der Waals surface area (Å²) < 4.78 is 52.7. The Morgan fingerprint density at radius 1 is 1.07 bits per heavy atom. The van der Waals surface area contributed by atoms with Gasteiger partial charge in [0.2, 0.25) is 21.8 Å². The van der Waals surface area contributed by atoms with Crippen LogP contribution < -0.4 is 19.5 Å². The zero-order valence-corrected chi connectivity index (χ0v) is 41.8. The second kappa shape index (κ2) is 18.4. The molecule has 0 radical (unpaired) electrons. The van der Waals surface area contributed by atoms with Gasteiger partial charge in [0.15, 0.2) is 0 Å². The smallest absolute Gasteiger partial charge is 0.411 e. The molecule has 0 bridgehead atoms. The van der Waals surface area contributed by atoms with Crippen molar-refractivity contribution >= 4 is 67.7 Å². The molecule has 1 aromatic carbocycles. The molecule has 364 valence electrons. The van der Waals surface area contributed by atoms with Crippen LogP contribution in [-0.4, -0.2) is 144 Å². The number of ether oxygens (including phenoxy) is 4. The Bertz CT molecular complexity index is 2550. The Balaban J connectivity index is 1.17. The minimum atomic E-state index is -3.95. The maximum Gasteiger partial charge on any atom is 0.411 e. The first kappa shape index (κ1) is 48.9. The molecule has 8 rings (SSSR count). The van der Waals surface area contributed by atoms with Crippen molar-refractivity contribution in [2.45, 2.75) is 128 Å². The van der Waals surface area contributed by atoms with Crippen LogP contribution in [-0.2, 0) is 33.9 Å². The predicted octanol–water partition coefficient (Wildman–Crippen LogP) is 5.90. The number of nitrogens with zero attached hydrogens (tertiary/aromatic N) is 5. The molecule has 5 heterocycles.